The first kappa shape index (κ1) is 96.1. The van der Waals surface area contributed by atoms with E-state index in [1.807, 2.05) is 80.5 Å². The number of ketones is 1. The van der Waals surface area contributed by atoms with Gasteiger partial charge >= 0.3 is 24.7 Å². The van der Waals surface area contributed by atoms with Gasteiger partial charge < -0.3 is 56.8 Å². The second-order valence-electron chi connectivity index (χ2n) is 35.0. The van der Waals surface area contributed by atoms with Crippen LogP contribution in [0.1, 0.15) is 202 Å². The van der Waals surface area contributed by atoms with Crippen LogP contribution >= 0.6 is 11.6 Å². The number of benzene rings is 4. The zero-order chi connectivity index (χ0) is 93.6. The minimum atomic E-state index is -4.92. The molecule has 0 saturated carbocycles. The number of rotatable bonds is 13. The van der Waals surface area contributed by atoms with Gasteiger partial charge in [0, 0.05) is 154 Å². The van der Waals surface area contributed by atoms with Crippen molar-refractivity contribution in [3.8, 4) is 29.1 Å². The maximum Gasteiger partial charge on any atom is 0.456 e. The molecule has 0 aliphatic carbocycles. The van der Waals surface area contributed by atoms with Crippen molar-refractivity contribution in [1.82, 2.24) is 57.5 Å². The predicted molar refractivity (Wildman–Crippen MR) is 460 cm³/mol. The van der Waals surface area contributed by atoms with E-state index in [1.54, 1.807) is 128 Å². The SMILES string of the molecule is CCN1CCn2c(C(F)(F)F)ccc2C12CCN(C(=O)c1ccc(OC(C)C)c(OC)c1)CC2.CN1CCn2c(C(F)(F)F)ccc2C12CCN(C(=O)c1cccc(Cl)c1)CC2.COc1ccc(C(=O)N2CCC3(CC2)c2ccc(C(=O)C(F)(F)F)n2C(C)CN3C)cc1C.Cc1cc(C(=O)N2CCC3(CC2)c2ccc(C(F)(F)F)n2CCN3CC#N)ccc1OC(C)C. The number of amides is 4. The Labute approximate surface area is 747 Å². The molecule has 16 rings (SSSR count). The molecular weight excluding hydrogens is 1720 g/mol. The molecule has 4 saturated heterocycles. The molecule has 4 aromatic carbocycles. The average molecular weight is 1830 g/mol. The van der Waals surface area contributed by atoms with Crippen molar-refractivity contribution in [3.05, 3.63) is 211 Å². The Morgan fingerprint density at radius 2 is 0.814 bits per heavy atom. The molecule has 8 aliphatic rings. The first-order valence-electron chi connectivity index (χ1n) is 43.5. The van der Waals surface area contributed by atoms with Gasteiger partial charge in [-0.2, -0.15) is 57.9 Å². The van der Waals surface area contributed by atoms with Crippen LogP contribution in [0.2, 0.25) is 5.02 Å². The number of aromatic nitrogens is 4. The minimum Gasteiger partial charge on any atom is -0.496 e. The molecule has 1 unspecified atom stereocenters. The van der Waals surface area contributed by atoms with E-state index in [9.17, 15) is 81.9 Å². The fourth-order valence-corrected chi connectivity index (χ4v) is 20.8. The molecule has 0 bridgehead atoms. The van der Waals surface area contributed by atoms with Crippen LogP contribution in [0.5, 0.6) is 23.0 Å². The average Bonchev–Trinajstić information content (AvgIpc) is 1.63. The molecular formula is C94H110ClF12N13O9. The molecule has 1 atom stereocenters. The lowest BCUT2D eigenvalue weighted by Crippen LogP contribution is -2.58. The zero-order valence-electron chi connectivity index (χ0n) is 74.4. The van der Waals surface area contributed by atoms with Crippen molar-refractivity contribution >= 4 is 41.0 Å². The molecule has 12 heterocycles. The van der Waals surface area contributed by atoms with E-state index in [2.05, 4.69) is 20.8 Å². The van der Waals surface area contributed by atoms with E-state index in [-0.39, 0.29) is 60.7 Å². The predicted octanol–water partition coefficient (Wildman–Crippen LogP) is 17.8. The standard InChI is InChI=1S/C25H29F3N4O2.C25H32F3N3O3.C24H28F3N3O3.C20H21ClF3N3O/c1-17(2)34-20-5-4-19(16-18(20)3)23(33)30-11-8-24(9-12-30)21-6-7-22(25(26,27)28)32(21)15-14-31(24)13-10-29;1-5-30-14-15-31-21(8-9-22(31)25(26,27)28)24(30)10-12-29(13-11-24)23(32)18-6-7-19(34-17(2)3)20(16-18)33-4;1-15-13-17(5-7-19(15)33-4)22(32)29-11-9-23(10-12-29)20-8-6-18(21(31)24(25,26)27)30(20)16(2)14-28(23)3;1-25-11-12-27-16(5-6-17(27)20(22,23)24)19(25)7-9-26(10-8-19)18(28)14-3-2-4-15(21)13-14/h4-7,16-17H,8-9,11-15H2,1-3H3;6-9,16-17H,5,10-15H2,1-4H3;5-8,13,16H,9-12,14H2,1-4H3;2-6,13H,7-12H2,1H3. The molecule has 129 heavy (non-hydrogen) atoms. The number of alkyl halides is 12. The molecule has 4 fully saturated rings. The summed E-state index contributed by atoms with van der Waals surface area (Å²) in [7, 11) is 7.04. The molecule has 696 valence electrons. The Bertz CT molecular complexity index is 5460. The van der Waals surface area contributed by atoms with Crippen molar-refractivity contribution < 1.29 is 95.6 Å². The summed E-state index contributed by atoms with van der Waals surface area (Å²) in [5.74, 6) is 0.309. The van der Waals surface area contributed by atoms with Gasteiger partial charge in [-0.25, -0.2) is 0 Å². The number of fused-ring (bicyclic) bond motifs is 8. The largest absolute Gasteiger partial charge is 0.496 e. The van der Waals surface area contributed by atoms with Gasteiger partial charge in [0.15, 0.2) is 11.5 Å². The lowest BCUT2D eigenvalue weighted by Gasteiger charge is -2.52. The van der Waals surface area contributed by atoms with E-state index < -0.39 is 69.7 Å². The van der Waals surface area contributed by atoms with E-state index >= 15 is 0 Å². The summed E-state index contributed by atoms with van der Waals surface area (Å²) >= 11 is 5.99. The van der Waals surface area contributed by atoms with Crippen molar-refractivity contribution in [2.75, 3.05) is 120 Å². The number of methoxy groups -OCH3 is 2. The molecule has 8 aliphatic heterocycles. The van der Waals surface area contributed by atoms with Crippen LogP contribution in [0.4, 0.5) is 52.7 Å². The second kappa shape index (κ2) is 37.8. The number of piperidine rings is 4. The highest BCUT2D eigenvalue weighted by Crippen LogP contribution is 2.51. The summed E-state index contributed by atoms with van der Waals surface area (Å²) in [5, 5.41) is 9.86. The van der Waals surface area contributed by atoms with Gasteiger partial charge in [0.2, 0.25) is 0 Å². The number of halogens is 13. The van der Waals surface area contributed by atoms with Crippen molar-refractivity contribution in [2.45, 2.75) is 192 Å². The Kier molecular flexibility index (Phi) is 28.1. The Morgan fingerprint density at radius 1 is 0.442 bits per heavy atom. The van der Waals surface area contributed by atoms with Gasteiger partial charge in [0.25, 0.3) is 29.4 Å². The Balaban J connectivity index is 0.000000147. The Morgan fingerprint density at radius 3 is 1.22 bits per heavy atom. The van der Waals surface area contributed by atoms with Crippen LogP contribution in [-0.2, 0) is 60.3 Å². The molecule has 22 nitrogen and oxygen atoms in total. The smallest absolute Gasteiger partial charge is 0.456 e. The summed E-state index contributed by atoms with van der Waals surface area (Å²) in [6, 6.07) is 35.8. The fraction of sp³-hybridized carbons (Fsp3) is 0.511. The monoisotopic (exact) mass is 1830 g/mol. The number of likely N-dealkylation sites (tertiary alicyclic amines) is 4. The third-order valence-electron chi connectivity index (χ3n) is 27.1. The number of carbonyl (C=O) groups excluding carboxylic acids is 5. The topological polar surface area (TPSA) is 192 Å². The lowest BCUT2D eigenvalue weighted by molar-refractivity contribution is -0.145. The summed E-state index contributed by atoms with van der Waals surface area (Å²) in [6.07, 6.45) is -13.7. The first-order chi connectivity index (χ1) is 60.9. The highest BCUT2D eigenvalue weighted by molar-refractivity contribution is 6.31. The lowest BCUT2D eigenvalue weighted by atomic mass is 9.80. The number of Topliss-reactive ketones (excluding diaryl/α,β-unsaturated/α-hetero) is 1. The van der Waals surface area contributed by atoms with Crippen LogP contribution in [0.25, 0.3) is 0 Å². The zero-order valence-corrected chi connectivity index (χ0v) is 75.2. The number of hydrogen-bond acceptors (Lipinski definition) is 14. The summed E-state index contributed by atoms with van der Waals surface area (Å²) < 4.78 is 189. The van der Waals surface area contributed by atoms with Crippen LogP contribution in [0, 0.1) is 25.2 Å². The summed E-state index contributed by atoms with van der Waals surface area (Å²) in [5.41, 5.74) is 2.26. The quantitative estimate of drug-likeness (QED) is 0.0601. The number of ether oxygens (including phenoxy) is 4. The van der Waals surface area contributed by atoms with E-state index in [1.165, 1.54) is 39.0 Å². The molecule has 35 heteroatoms. The van der Waals surface area contributed by atoms with Crippen molar-refractivity contribution in [3.63, 3.8) is 0 Å². The van der Waals surface area contributed by atoms with Gasteiger partial charge in [-0.3, -0.25) is 43.6 Å². The normalized spacial score (nSPS) is 19.1. The molecule has 4 aromatic heterocycles. The fourth-order valence-electron chi connectivity index (χ4n) is 20.6. The second-order valence-corrected chi connectivity index (χ2v) is 35.5. The molecule has 4 spiro atoms. The first-order valence-corrected chi connectivity index (χ1v) is 43.9. The molecule has 0 N–H and O–H groups in total. The van der Waals surface area contributed by atoms with Gasteiger partial charge in [0.05, 0.1) is 66.9 Å². The van der Waals surface area contributed by atoms with Crippen LogP contribution in [-0.4, -0.2) is 225 Å². The Hall–Kier alpha value is -10.5. The van der Waals surface area contributed by atoms with E-state index in [0.29, 0.717) is 210 Å². The summed E-state index contributed by atoms with van der Waals surface area (Å²) in [6.45, 7) is 22.7. The third kappa shape index (κ3) is 19.1. The van der Waals surface area contributed by atoms with Crippen molar-refractivity contribution in [2.24, 2.45) is 0 Å². The van der Waals surface area contributed by atoms with Crippen LogP contribution in [0.15, 0.2) is 127 Å². The number of likely N-dealkylation sites (N-methyl/N-ethyl adjacent to an activating group) is 3. The molecule has 0 radical (unpaired) electrons. The maximum absolute atomic E-state index is 13.6. The summed E-state index contributed by atoms with van der Waals surface area (Å²) in [4.78, 5) is 80.0. The van der Waals surface area contributed by atoms with Gasteiger partial charge in [-0.15, -0.1) is 0 Å². The van der Waals surface area contributed by atoms with Crippen LogP contribution < -0.4 is 18.9 Å². The number of hydrogen-bond donors (Lipinski definition) is 0. The third-order valence-corrected chi connectivity index (χ3v) is 27.3. The molecule has 8 aromatic rings. The number of aryl methyl sites for hydroxylation is 2. The van der Waals surface area contributed by atoms with Gasteiger partial charge in [0.1, 0.15) is 28.6 Å². The van der Waals surface area contributed by atoms with Crippen LogP contribution in [0.3, 0.4) is 0 Å². The van der Waals surface area contributed by atoms with Gasteiger partial charge in [-0.1, -0.05) is 24.6 Å². The highest BCUT2D eigenvalue weighted by Gasteiger charge is 2.54. The number of nitrogens with zero attached hydrogens (tertiary/aromatic N) is 13. The number of carbonyl (C=O) groups is 5. The van der Waals surface area contributed by atoms with Gasteiger partial charge in [-0.05, 0) is 253 Å². The number of nitriles is 1. The van der Waals surface area contributed by atoms with Crippen molar-refractivity contribution in [1.29, 1.82) is 5.26 Å². The van der Waals surface area contributed by atoms with E-state index in [4.69, 9.17) is 30.5 Å². The highest BCUT2D eigenvalue weighted by atomic mass is 35.5. The van der Waals surface area contributed by atoms with E-state index in [0.717, 1.165) is 29.5 Å². The maximum atomic E-state index is 13.6. The molecule has 4 amide bonds. The minimum absolute atomic E-state index is 0.0254.